The van der Waals surface area contributed by atoms with Crippen LogP contribution in [0.4, 0.5) is 22.0 Å². The van der Waals surface area contributed by atoms with E-state index in [1.807, 2.05) is 0 Å². The lowest BCUT2D eigenvalue weighted by Crippen LogP contribution is -2.30. The van der Waals surface area contributed by atoms with Crippen LogP contribution in [-0.4, -0.2) is 32.0 Å². The van der Waals surface area contributed by atoms with Gasteiger partial charge in [0.05, 0.1) is 17.3 Å². The van der Waals surface area contributed by atoms with Crippen molar-refractivity contribution in [3.63, 3.8) is 0 Å². The number of carbonyl (C=O) groups is 1. The van der Waals surface area contributed by atoms with Gasteiger partial charge in [-0.15, -0.1) is 10.2 Å². The van der Waals surface area contributed by atoms with Crippen LogP contribution in [0.25, 0.3) is 17.0 Å². The van der Waals surface area contributed by atoms with Crippen LogP contribution in [0, 0.1) is 0 Å². The van der Waals surface area contributed by atoms with Gasteiger partial charge < -0.3 is 4.42 Å². The summed E-state index contributed by atoms with van der Waals surface area (Å²) in [6.45, 7) is -3.20. The number of nitrogens with one attached hydrogen (secondary N) is 1. The fourth-order valence-corrected chi connectivity index (χ4v) is 2.00. The predicted molar refractivity (Wildman–Crippen MR) is 67.0 cm³/mol. The maximum atomic E-state index is 13.1. The molecule has 24 heavy (non-hydrogen) atoms. The van der Waals surface area contributed by atoms with E-state index in [1.165, 1.54) is 5.32 Å². The number of halogens is 5. The Hall–Kier alpha value is -3.05. The summed E-state index contributed by atoms with van der Waals surface area (Å²) >= 11 is 0. The molecule has 12 heteroatoms. The number of amides is 1. The second kappa shape index (κ2) is 5.54. The molecule has 3 aromatic rings. The highest BCUT2D eigenvalue weighted by atomic mass is 19.4. The lowest BCUT2D eigenvalue weighted by atomic mass is 10.1. The van der Waals surface area contributed by atoms with E-state index in [-0.39, 0.29) is 17.0 Å². The van der Waals surface area contributed by atoms with Crippen LogP contribution < -0.4 is 5.32 Å². The number of fused-ring (bicyclic) bond motifs is 1. The van der Waals surface area contributed by atoms with Gasteiger partial charge in [-0.3, -0.25) is 14.5 Å². The van der Waals surface area contributed by atoms with Crippen LogP contribution in [0.15, 0.2) is 29.3 Å². The zero-order valence-corrected chi connectivity index (χ0v) is 11.4. The lowest BCUT2D eigenvalue weighted by molar-refractivity contribution is -0.137. The quantitative estimate of drug-likeness (QED) is 0.581. The number of hydrogen-bond acceptors (Lipinski definition) is 5. The number of oxazole rings is 1. The number of nitrogens with zero attached hydrogens (tertiary/aromatic N) is 4. The Bertz CT molecular complexity index is 887. The molecular formula is C12H6F5N5O2. The summed E-state index contributed by atoms with van der Waals surface area (Å²) in [7, 11) is 0. The third-order valence-corrected chi connectivity index (χ3v) is 2.97. The fourth-order valence-electron chi connectivity index (χ4n) is 2.00. The first-order chi connectivity index (χ1) is 11.3. The Morgan fingerprint density at radius 2 is 2.04 bits per heavy atom. The highest BCUT2D eigenvalue weighted by Crippen LogP contribution is 2.34. The third-order valence-electron chi connectivity index (χ3n) is 2.97. The average molecular weight is 347 g/mol. The molecule has 1 amide bonds. The molecule has 3 rings (SSSR count). The summed E-state index contributed by atoms with van der Waals surface area (Å²) in [4.78, 5) is 15.3. The van der Waals surface area contributed by atoms with Crippen molar-refractivity contribution in [1.82, 2.24) is 24.9 Å². The van der Waals surface area contributed by atoms with Gasteiger partial charge in [-0.1, -0.05) is 0 Å². The maximum absolute atomic E-state index is 13.1. The van der Waals surface area contributed by atoms with Crippen LogP contribution in [0.1, 0.15) is 16.2 Å². The van der Waals surface area contributed by atoms with E-state index < -0.39 is 30.0 Å². The van der Waals surface area contributed by atoms with Crippen LogP contribution in [0.5, 0.6) is 0 Å². The molecule has 0 spiro atoms. The Kier molecular flexibility index (Phi) is 3.66. The van der Waals surface area contributed by atoms with Crippen LogP contribution in [0.2, 0.25) is 0 Å². The van der Waals surface area contributed by atoms with E-state index >= 15 is 0 Å². The van der Waals surface area contributed by atoms with E-state index in [0.29, 0.717) is 10.6 Å². The minimum absolute atomic E-state index is 0.0562. The van der Waals surface area contributed by atoms with Crippen LogP contribution in [-0.2, 0) is 6.18 Å². The Balaban J connectivity index is 2.25. The highest BCUT2D eigenvalue weighted by Gasteiger charge is 2.33. The van der Waals surface area contributed by atoms with Crippen molar-refractivity contribution < 1.29 is 31.2 Å². The van der Waals surface area contributed by atoms with Gasteiger partial charge in [-0.25, -0.2) is 4.98 Å². The first-order valence-corrected chi connectivity index (χ1v) is 6.21. The molecule has 0 fully saturated rings. The maximum Gasteiger partial charge on any atom is 0.417 e. The molecule has 3 heterocycles. The Morgan fingerprint density at radius 1 is 1.29 bits per heavy atom. The van der Waals surface area contributed by atoms with E-state index in [4.69, 9.17) is 4.42 Å². The molecule has 0 saturated heterocycles. The van der Waals surface area contributed by atoms with Gasteiger partial charge in [-0.2, -0.15) is 22.0 Å². The van der Waals surface area contributed by atoms with E-state index in [0.717, 1.165) is 18.7 Å². The molecular weight excluding hydrogens is 341 g/mol. The molecule has 0 bridgehead atoms. The van der Waals surface area contributed by atoms with Crippen molar-refractivity contribution in [2.75, 3.05) is 0 Å². The molecule has 0 radical (unpaired) electrons. The normalized spacial score (nSPS) is 12.1. The molecule has 1 N–H and O–H groups in total. The van der Waals surface area contributed by atoms with Crippen molar-refractivity contribution in [1.29, 1.82) is 0 Å². The number of pyridine rings is 1. The molecule has 3 aromatic heterocycles. The molecule has 0 atom stereocenters. The van der Waals surface area contributed by atoms with Crippen molar-refractivity contribution >= 4 is 11.6 Å². The van der Waals surface area contributed by atoms with Crippen LogP contribution >= 0.6 is 0 Å². The monoisotopic (exact) mass is 347 g/mol. The van der Waals surface area contributed by atoms with E-state index in [1.54, 1.807) is 0 Å². The minimum Gasteiger partial charge on any atom is -0.443 e. The zero-order valence-electron chi connectivity index (χ0n) is 11.4. The number of carbonyl (C=O) groups excluding carboxylic acids is 1. The third kappa shape index (κ3) is 2.77. The van der Waals surface area contributed by atoms with Gasteiger partial charge in [0.1, 0.15) is 0 Å². The molecule has 0 aliphatic rings. The molecule has 0 aliphatic carbocycles. The molecule has 126 valence electrons. The second-order valence-electron chi connectivity index (χ2n) is 4.50. The van der Waals surface area contributed by atoms with Crippen molar-refractivity contribution in [3.05, 3.63) is 36.2 Å². The number of hydrogen-bond donors (Lipinski definition) is 1. The fraction of sp³-hybridized carbons (Fsp3) is 0.167. The number of rotatable bonds is 3. The first-order valence-electron chi connectivity index (χ1n) is 6.21. The zero-order chi connectivity index (χ0) is 17.5. The summed E-state index contributed by atoms with van der Waals surface area (Å²) in [5, 5.41) is 8.20. The molecule has 0 saturated carbocycles. The largest absolute Gasteiger partial charge is 0.443 e. The number of aromatic nitrogens is 4. The molecule has 7 nitrogen and oxygen atoms in total. The van der Waals surface area contributed by atoms with Gasteiger partial charge in [0.25, 0.3) is 5.91 Å². The molecule has 0 unspecified atom stereocenters. The Labute approximate surface area is 129 Å². The molecule has 0 aliphatic heterocycles. The number of alkyl halides is 5. The summed E-state index contributed by atoms with van der Waals surface area (Å²) in [5.41, 5.74) is -1.47. The van der Waals surface area contributed by atoms with Gasteiger partial charge in [-0.05, 0) is 6.07 Å². The Morgan fingerprint density at radius 3 is 2.62 bits per heavy atom. The van der Waals surface area contributed by atoms with E-state index in [2.05, 4.69) is 15.2 Å². The summed E-state index contributed by atoms with van der Waals surface area (Å²) in [6, 6.07) is 0.735. The molecule has 0 aromatic carbocycles. The standard InChI is InChI=1S/C12H6F5N5O2/c13-11(14)19-10(23)9-21-20-8-6(7-2-18-4-24-7)1-5(3-22(8)9)12(15,16)17/h1-4,11H,(H,19,23). The van der Waals surface area contributed by atoms with Gasteiger partial charge in [0.15, 0.2) is 17.8 Å². The summed E-state index contributed by atoms with van der Waals surface area (Å²) in [6.07, 6.45) is -2.09. The summed E-state index contributed by atoms with van der Waals surface area (Å²) in [5.74, 6) is -2.16. The van der Waals surface area contributed by atoms with Crippen molar-refractivity contribution in [3.8, 4) is 11.3 Å². The SMILES string of the molecule is O=C(NC(F)F)c1nnc2c(-c3cnco3)cc(C(F)(F)F)cn12. The smallest absolute Gasteiger partial charge is 0.417 e. The predicted octanol–water partition coefficient (Wildman–Crippen LogP) is 2.36. The average Bonchev–Trinajstić information content (AvgIpc) is 3.14. The van der Waals surface area contributed by atoms with Gasteiger partial charge >= 0.3 is 12.7 Å². The van der Waals surface area contributed by atoms with E-state index in [9.17, 15) is 26.7 Å². The van der Waals surface area contributed by atoms with Crippen LogP contribution in [0.3, 0.4) is 0 Å². The van der Waals surface area contributed by atoms with Gasteiger partial charge in [0, 0.05) is 6.20 Å². The van der Waals surface area contributed by atoms with Crippen molar-refractivity contribution in [2.24, 2.45) is 0 Å². The van der Waals surface area contributed by atoms with Crippen molar-refractivity contribution in [2.45, 2.75) is 12.7 Å². The minimum atomic E-state index is -4.76. The second-order valence-corrected chi connectivity index (χ2v) is 4.50. The summed E-state index contributed by atoms with van der Waals surface area (Å²) < 4.78 is 69.3. The highest BCUT2D eigenvalue weighted by molar-refractivity contribution is 5.92. The van der Waals surface area contributed by atoms with Gasteiger partial charge in [0.2, 0.25) is 5.82 Å². The lowest BCUT2D eigenvalue weighted by Gasteiger charge is -2.10. The first kappa shape index (κ1) is 15.8. The topological polar surface area (TPSA) is 85.3 Å².